The van der Waals surface area contributed by atoms with Crippen LogP contribution in [0.15, 0.2) is 41.9 Å². The molecular formula is C14H11N2S+. The van der Waals surface area contributed by atoms with Gasteiger partial charge in [-0.2, -0.15) is 5.26 Å². The largest absolute Gasteiger partial charge is 0.206 e. The molecule has 0 saturated heterocycles. The Morgan fingerprint density at radius 1 is 1.35 bits per heavy atom. The average Bonchev–Trinajstić information content (AvgIpc) is 2.91. The van der Waals surface area contributed by atoms with E-state index in [0.717, 1.165) is 18.4 Å². The molecule has 1 aromatic carbocycles. The normalized spacial score (nSPS) is 14.8. The summed E-state index contributed by atoms with van der Waals surface area (Å²) in [6.07, 6.45) is 6.22. The summed E-state index contributed by atoms with van der Waals surface area (Å²) >= 11 is 0. The van der Waals surface area contributed by atoms with E-state index in [-0.39, 0.29) is 10.7 Å². The maximum Gasteiger partial charge on any atom is 0.206 e. The summed E-state index contributed by atoms with van der Waals surface area (Å²) < 4.78 is 4.46. The number of rotatable bonds is 1. The van der Waals surface area contributed by atoms with Gasteiger partial charge < -0.3 is 0 Å². The van der Waals surface area contributed by atoms with Crippen LogP contribution in [0.3, 0.4) is 0 Å². The Morgan fingerprint density at radius 3 is 3.06 bits per heavy atom. The van der Waals surface area contributed by atoms with E-state index in [1.165, 1.54) is 16.0 Å². The molecule has 1 aliphatic rings. The summed E-state index contributed by atoms with van der Waals surface area (Å²) in [5.74, 6) is 0. The van der Waals surface area contributed by atoms with Crippen molar-refractivity contribution in [2.45, 2.75) is 12.8 Å². The molecule has 1 aliphatic carbocycles. The minimum atomic E-state index is -0.117. The van der Waals surface area contributed by atoms with Gasteiger partial charge in [-0.1, -0.05) is 0 Å². The highest BCUT2D eigenvalue weighted by molar-refractivity contribution is 7.38. The van der Waals surface area contributed by atoms with Gasteiger partial charge in [0.15, 0.2) is 5.38 Å². The third-order valence-corrected chi connectivity index (χ3v) is 4.54. The van der Waals surface area contributed by atoms with E-state index < -0.39 is 0 Å². The molecule has 0 N–H and O–H groups in total. The fourth-order valence-electron chi connectivity index (χ4n) is 2.15. The molecule has 2 nitrogen and oxygen atoms in total. The molecular weight excluding hydrogens is 228 g/mol. The van der Waals surface area contributed by atoms with Gasteiger partial charge in [-0.05, 0) is 47.1 Å². The Bertz CT molecular complexity index is 618. The second-order valence-electron chi connectivity index (χ2n) is 3.99. The van der Waals surface area contributed by atoms with Gasteiger partial charge in [-0.15, -0.1) is 0 Å². The molecule has 0 amide bonds. The van der Waals surface area contributed by atoms with E-state index in [2.05, 4.69) is 28.0 Å². The lowest BCUT2D eigenvalue weighted by Crippen LogP contribution is -1.99. The Hall–Kier alpha value is -1.92. The fourth-order valence-corrected chi connectivity index (χ4v) is 3.62. The predicted molar refractivity (Wildman–Crippen MR) is 69.6 cm³/mol. The average molecular weight is 239 g/mol. The van der Waals surface area contributed by atoms with Gasteiger partial charge in [0.05, 0.1) is 17.8 Å². The zero-order valence-corrected chi connectivity index (χ0v) is 10.1. The first-order valence-corrected chi connectivity index (χ1v) is 6.80. The highest BCUT2D eigenvalue weighted by Crippen LogP contribution is 2.38. The lowest BCUT2D eigenvalue weighted by Gasteiger charge is -2.11. The lowest BCUT2D eigenvalue weighted by molar-refractivity contribution is 0.982. The van der Waals surface area contributed by atoms with E-state index in [1.54, 1.807) is 0 Å². The lowest BCUT2D eigenvalue weighted by atomic mass is 9.95. The maximum atomic E-state index is 8.92. The van der Waals surface area contributed by atoms with Gasteiger partial charge in [-0.3, -0.25) is 0 Å². The zero-order chi connectivity index (χ0) is 11.7. The second kappa shape index (κ2) is 4.15. The predicted octanol–water partition coefficient (Wildman–Crippen LogP) is 3.54. The molecule has 0 saturated carbocycles. The zero-order valence-electron chi connectivity index (χ0n) is 9.26. The van der Waals surface area contributed by atoms with Gasteiger partial charge >= 0.3 is 0 Å². The first-order valence-electron chi connectivity index (χ1n) is 5.56. The van der Waals surface area contributed by atoms with Crippen molar-refractivity contribution in [1.82, 2.24) is 4.37 Å². The van der Waals surface area contributed by atoms with Crippen molar-refractivity contribution in [3.63, 3.8) is 0 Å². The van der Waals surface area contributed by atoms with E-state index in [0.29, 0.717) is 0 Å². The molecule has 82 valence electrons. The van der Waals surface area contributed by atoms with Crippen LogP contribution >= 0.6 is 10.7 Å². The Labute approximate surface area is 103 Å². The smallest absolute Gasteiger partial charge is 0.192 e. The molecule has 0 radical (unpaired) electrons. The Balaban J connectivity index is 2.12. The van der Waals surface area contributed by atoms with Crippen LogP contribution in [0, 0.1) is 11.3 Å². The summed E-state index contributed by atoms with van der Waals surface area (Å²) in [5, 5.41) is 11.1. The number of nitrogens with zero attached hydrogens (tertiary/aromatic N) is 2. The molecule has 0 spiro atoms. The summed E-state index contributed by atoms with van der Waals surface area (Å²) in [7, 11) is -0.117. The number of fused-ring (bicyclic) bond motifs is 1. The molecule has 3 heteroatoms. The number of hydrogen-bond acceptors (Lipinski definition) is 2. The Morgan fingerprint density at radius 2 is 2.29 bits per heavy atom. The monoisotopic (exact) mass is 239 g/mol. The molecule has 1 unspecified atom stereocenters. The number of allylic oxidation sites excluding steroid dienone is 1. The molecule has 2 aromatic rings. The first kappa shape index (κ1) is 10.2. The van der Waals surface area contributed by atoms with Crippen molar-refractivity contribution in [2.75, 3.05) is 0 Å². The van der Waals surface area contributed by atoms with Crippen LogP contribution in [0.4, 0.5) is 0 Å². The summed E-state index contributed by atoms with van der Waals surface area (Å²) in [6, 6.07) is 10.2. The number of hydrogen-bond donors (Lipinski definition) is 0. The van der Waals surface area contributed by atoms with Crippen LogP contribution in [-0.4, -0.2) is 4.37 Å². The number of nitriles is 1. The van der Waals surface area contributed by atoms with Crippen molar-refractivity contribution >= 4 is 15.6 Å². The van der Waals surface area contributed by atoms with Crippen molar-refractivity contribution < 1.29 is 0 Å². The van der Waals surface area contributed by atoms with Crippen molar-refractivity contribution in [1.29, 1.82) is 5.26 Å². The molecule has 1 aromatic heterocycles. The molecule has 17 heavy (non-hydrogen) atoms. The van der Waals surface area contributed by atoms with Crippen molar-refractivity contribution in [3.05, 3.63) is 58.6 Å². The quantitative estimate of drug-likeness (QED) is 0.714. The standard InChI is InChI=1S/C14H11N2S/c15-10-11-5-6-13-12(9-11)3-1-4-14(13)17-8-2-7-16-17/h2,4-9H,1,3H2/q+1. The van der Waals surface area contributed by atoms with Gasteiger partial charge in [0.2, 0.25) is 4.91 Å². The molecule has 0 bridgehead atoms. The minimum Gasteiger partial charge on any atom is -0.192 e. The molecule has 0 aliphatic heterocycles. The summed E-state index contributed by atoms with van der Waals surface area (Å²) in [5.41, 5.74) is 3.30. The number of aryl methyl sites for hydroxylation is 1. The van der Waals surface area contributed by atoms with Crippen LogP contribution in [0.25, 0.3) is 4.91 Å². The van der Waals surface area contributed by atoms with Crippen molar-refractivity contribution in [2.24, 2.45) is 0 Å². The first-order chi connectivity index (χ1) is 8.38. The van der Waals surface area contributed by atoms with Crippen LogP contribution in [0.2, 0.25) is 0 Å². The maximum absolute atomic E-state index is 8.92. The SMILES string of the molecule is N#Cc1ccc2c(c1)CCC=C2[s+]1cccn1. The van der Waals surface area contributed by atoms with Gasteiger partial charge in [0.25, 0.3) is 0 Å². The fraction of sp³-hybridized carbons (Fsp3) is 0.143. The number of benzene rings is 1. The highest BCUT2D eigenvalue weighted by Gasteiger charge is 2.22. The highest BCUT2D eigenvalue weighted by atomic mass is 32.2. The van der Waals surface area contributed by atoms with Crippen LogP contribution < -0.4 is 0 Å². The van der Waals surface area contributed by atoms with Gasteiger partial charge in [-0.25, -0.2) is 0 Å². The van der Waals surface area contributed by atoms with E-state index in [4.69, 9.17) is 5.26 Å². The van der Waals surface area contributed by atoms with Gasteiger partial charge in [0, 0.05) is 11.6 Å². The summed E-state index contributed by atoms with van der Waals surface area (Å²) in [6.45, 7) is 0. The van der Waals surface area contributed by atoms with Gasteiger partial charge in [0.1, 0.15) is 10.7 Å². The van der Waals surface area contributed by atoms with Crippen LogP contribution in [0.5, 0.6) is 0 Å². The third kappa shape index (κ3) is 1.77. The summed E-state index contributed by atoms with van der Waals surface area (Å²) in [4.78, 5) is 1.31. The van der Waals surface area contributed by atoms with E-state index in [9.17, 15) is 0 Å². The van der Waals surface area contributed by atoms with Crippen LogP contribution in [-0.2, 0) is 6.42 Å². The molecule has 1 atom stereocenters. The topological polar surface area (TPSA) is 36.7 Å². The molecule has 1 heterocycles. The third-order valence-electron chi connectivity index (χ3n) is 2.94. The van der Waals surface area contributed by atoms with E-state index >= 15 is 0 Å². The second-order valence-corrected chi connectivity index (χ2v) is 5.54. The molecule has 0 fully saturated rings. The molecule has 3 rings (SSSR count). The van der Waals surface area contributed by atoms with Crippen molar-refractivity contribution in [3.8, 4) is 6.07 Å². The Kier molecular flexibility index (Phi) is 2.50. The van der Waals surface area contributed by atoms with Crippen LogP contribution in [0.1, 0.15) is 23.1 Å². The minimum absolute atomic E-state index is 0.117. The van der Waals surface area contributed by atoms with E-state index in [1.807, 2.05) is 24.4 Å². The number of aromatic nitrogens is 1.